The van der Waals surface area contributed by atoms with Crippen LogP contribution >= 0.6 is 15.9 Å². The summed E-state index contributed by atoms with van der Waals surface area (Å²) in [5.74, 6) is -0.805. The van der Waals surface area contributed by atoms with Gasteiger partial charge in [0, 0.05) is 5.69 Å². The summed E-state index contributed by atoms with van der Waals surface area (Å²) in [5, 5.41) is 11.7. The van der Waals surface area contributed by atoms with Crippen LogP contribution in [0.4, 0.5) is 10.1 Å². The Morgan fingerprint density at radius 2 is 1.83 bits per heavy atom. The van der Waals surface area contributed by atoms with Gasteiger partial charge in [-0.2, -0.15) is 0 Å². The number of carbonyl (C=O) groups excluding carboxylic acids is 1. The number of halogens is 2. The van der Waals surface area contributed by atoms with Crippen LogP contribution in [0.2, 0.25) is 0 Å². The van der Waals surface area contributed by atoms with Crippen LogP contribution in [0, 0.1) is 5.82 Å². The molecule has 5 heteroatoms. The molecule has 0 aliphatic heterocycles. The summed E-state index contributed by atoms with van der Waals surface area (Å²) in [6, 6.07) is 10.3. The molecular weight excluding hydrogens is 301 g/mol. The number of hydrogen-bond acceptors (Lipinski definition) is 2. The minimum atomic E-state index is -0.492. The van der Waals surface area contributed by atoms with Crippen molar-refractivity contribution in [2.24, 2.45) is 0 Å². The summed E-state index contributed by atoms with van der Waals surface area (Å²) in [7, 11) is 0. The van der Waals surface area contributed by atoms with Crippen LogP contribution in [-0.2, 0) is 0 Å². The van der Waals surface area contributed by atoms with Crippen molar-refractivity contribution < 1.29 is 14.3 Å². The Hall–Kier alpha value is -1.88. The van der Waals surface area contributed by atoms with E-state index in [4.69, 9.17) is 5.11 Å². The van der Waals surface area contributed by atoms with Crippen LogP contribution in [0.5, 0.6) is 5.75 Å². The molecular formula is C13H9BrFNO2. The van der Waals surface area contributed by atoms with E-state index in [0.717, 1.165) is 0 Å². The Bertz CT molecular complexity index is 584. The zero-order valence-corrected chi connectivity index (χ0v) is 10.7. The van der Waals surface area contributed by atoms with Crippen molar-refractivity contribution in [2.75, 3.05) is 5.32 Å². The fraction of sp³-hybridized carbons (Fsp3) is 0. The summed E-state index contributed by atoms with van der Waals surface area (Å²) in [5.41, 5.74) is 0.733. The molecule has 2 N–H and O–H groups in total. The van der Waals surface area contributed by atoms with Crippen LogP contribution in [0.15, 0.2) is 46.9 Å². The molecule has 18 heavy (non-hydrogen) atoms. The second kappa shape index (κ2) is 5.18. The largest absolute Gasteiger partial charge is 0.508 e. The maximum absolute atomic E-state index is 13.3. The van der Waals surface area contributed by atoms with E-state index in [1.165, 1.54) is 30.3 Å². The Balaban J connectivity index is 2.22. The van der Waals surface area contributed by atoms with Crippen LogP contribution in [0.3, 0.4) is 0 Å². The zero-order chi connectivity index (χ0) is 13.1. The number of hydrogen-bond donors (Lipinski definition) is 2. The lowest BCUT2D eigenvalue weighted by Gasteiger charge is -2.07. The van der Waals surface area contributed by atoms with Crippen molar-refractivity contribution in [3.05, 3.63) is 58.3 Å². The van der Waals surface area contributed by atoms with Crippen molar-refractivity contribution in [1.29, 1.82) is 0 Å². The molecule has 0 unspecified atom stereocenters. The van der Waals surface area contributed by atoms with Gasteiger partial charge in [-0.15, -0.1) is 0 Å². The van der Waals surface area contributed by atoms with E-state index in [2.05, 4.69) is 21.2 Å². The Kier molecular flexibility index (Phi) is 3.62. The average Bonchev–Trinajstić information content (AvgIpc) is 2.35. The average molecular weight is 310 g/mol. The second-order valence-electron chi connectivity index (χ2n) is 3.60. The number of carbonyl (C=O) groups is 1. The van der Waals surface area contributed by atoms with Crippen molar-refractivity contribution in [3.63, 3.8) is 0 Å². The summed E-state index contributed by atoms with van der Waals surface area (Å²) in [6.07, 6.45) is 0. The maximum Gasteiger partial charge on any atom is 0.256 e. The maximum atomic E-state index is 13.3. The van der Waals surface area contributed by atoms with E-state index in [1.807, 2.05) is 0 Å². The quantitative estimate of drug-likeness (QED) is 0.834. The van der Waals surface area contributed by atoms with Gasteiger partial charge >= 0.3 is 0 Å². The van der Waals surface area contributed by atoms with Gasteiger partial charge in [-0.3, -0.25) is 4.79 Å². The number of amides is 1. The third-order valence-electron chi connectivity index (χ3n) is 2.32. The third-order valence-corrected chi connectivity index (χ3v) is 3.13. The van der Waals surface area contributed by atoms with E-state index in [9.17, 15) is 9.18 Å². The molecule has 1 amide bonds. The molecule has 0 aliphatic carbocycles. The molecule has 0 atom stereocenters. The van der Waals surface area contributed by atoms with Gasteiger partial charge in [0.25, 0.3) is 5.91 Å². The lowest BCUT2D eigenvalue weighted by molar-refractivity contribution is 0.102. The van der Waals surface area contributed by atoms with Crippen LogP contribution in [0.25, 0.3) is 0 Å². The minimum absolute atomic E-state index is 0.111. The van der Waals surface area contributed by atoms with Gasteiger partial charge in [0.15, 0.2) is 0 Å². The van der Waals surface area contributed by atoms with Crippen LogP contribution in [0.1, 0.15) is 10.4 Å². The minimum Gasteiger partial charge on any atom is -0.508 e. The Morgan fingerprint density at radius 3 is 2.50 bits per heavy atom. The van der Waals surface area contributed by atoms with Crippen molar-refractivity contribution in [3.8, 4) is 5.75 Å². The van der Waals surface area contributed by atoms with Gasteiger partial charge in [0.1, 0.15) is 11.6 Å². The highest BCUT2D eigenvalue weighted by Crippen LogP contribution is 2.22. The molecule has 0 radical (unpaired) electrons. The van der Waals surface area contributed by atoms with Crippen molar-refractivity contribution >= 4 is 27.5 Å². The molecule has 0 heterocycles. The Morgan fingerprint density at radius 1 is 1.17 bits per heavy atom. The number of rotatable bonds is 2. The number of anilines is 1. The highest BCUT2D eigenvalue weighted by molar-refractivity contribution is 9.10. The van der Waals surface area contributed by atoms with Gasteiger partial charge in [-0.05, 0) is 52.3 Å². The molecule has 0 fully saturated rings. The summed E-state index contributed by atoms with van der Waals surface area (Å²) >= 11 is 3.03. The van der Waals surface area contributed by atoms with Gasteiger partial charge < -0.3 is 10.4 Å². The first-order chi connectivity index (χ1) is 8.58. The van der Waals surface area contributed by atoms with Gasteiger partial charge in [0.2, 0.25) is 0 Å². The first-order valence-corrected chi connectivity index (χ1v) is 5.91. The molecule has 2 aromatic rings. The molecule has 0 saturated carbocycles. The van der Waals surface area contributed by atoms with E-state index in [0.29, 0.717) is 5.69 Å². The number of nitrogens with one attached hydrogen (secondary N) is 1. The predicted octanol–water partition coefficient (Wildman–Crippen LogP) is 3.55. The Labute approximate surface area is 111 Å². The van der Waals surface area contributed by atoms with Crippen molar-refractivity contribution in [2.45, 2.75) is 0 Å². The number of phenolic OH excluding ortho intramolecular Hbond substituents is 1. The topological polar surface area (TPSA) is 49.3 Å². The molecule has 92 valence electrons. The molecule has 0 aromatic heterocycles. The molecule has 0 saturated heterocycles. The van der Waals surface area contributed by atoms with E-state index in [-0.39, 0.29) is 15.8 Å². The summed E-state index contributed by atoms with van der Waals surface area (Å²) in [6.45, 7) is 0. The van der Waals surface area contributed by atoms with Gasteiger partial charge in [-0.1, -0.05) is 6.07 Å². The fourth-order valence-electron chi connectivity index (χ4n) is 1.42. The predicted molar refractivity (Wildman–Crippen MR) is 70.2 cm³/mol. The van der Waals surface area contributed by atoms with E-state index >= 15 is 0 Å². The summed E-state index contributed by atoms with van der Waals surface area (Å²) in [4.78, 5) is 11.9. The zero-order valence-electron chi connectivity index (χ0n) is 9.15. The fourth-order valence-corrected chi connectivity index (χ4v) is 1.87. The standard InChI is InChI=1S/C13H9BrFNO2/c14-12-10(2-1-3-11(12)15)13(18)16-8-4-6-9(17)7-5-8/h1-7,17H,(H,16,18). The number of phenols is 1. The van der Waals surface area contributed by atoms with Crippen LogP contribution in [-0.4, -0.2) is 11.0 Å². The molecule has 2 rings (SSSR count). The highest BCUT2D eigenvalue weighted by Gasteiger charge is 2.12. The smallest absolute Gasteiger partial charge is 0.256 e. The molecule has 0 bridgehead atoms. The number of aromatic hydroxyl groups is 1. The first kappa shape index (κ1) is 12.6. The molecule has 3 nitrogen and oxygen atoms in total. The molecule has 2 aromatic carbocycles. The monoisotopic (exact) mass is 309 g/mol. The summed E-state index contributed by atoms with van der Waals surface area (Å²) < 4.78 is 13.4. The lowest BCUT2D eigenvalue weighted by atomic mass is 10.2. The van der Waals surface area contributed by atoms with Gasteiger partial charge in [0.05, 0.1) is 10.0 Å². The molecule has 0 aliphatic rings. The van der Waals surface area contributed by atoms with E-state index < -0.39 is 11.7 Å². The molecule has 0 spiro atoms. The lowest BCUT2D eigenvalue weighted by Crippen LogP contribution is -2.12. The van der Waals surface area contributed by atoms with Crippen LogP contribution < -0.4 is 5.32 Å². The first-order valence-electron chi connectivity index (χ1n) is 5.12. The van der Waals surface area contributed by atoms with Crippen molar-refractivity contribution in [1.82, 2.24) is 0 Å². The normalized spacial score (nSPS) is 10.1. The third kappa shape index (κ3) is 2.68. The second-order valence-corrected chi connectivity index (χ2v) is 4.40. The number of benzene rings is 2. The highest BCUT2D eigenvalue weighted by atomic mass is 79.9. The van der Waals surface area contributed by atoms with Gasteiger partial charge in [-0.25, -0.2) is 4.39 Å². The van der Waals surface area contributed by atoms with E-state index in [1.54, 1.807) is 12.1 Å². The SMILES string of the molecule is O=C(Nc1ccc(O)cc1)c1cccc(F)c1Br.